The zero-order chi connectivity index (χ0) is 19.6. The van der Waals surface area contributed by atoms with Gasteiger partial charge in [0.2, 0.25) is 11.6 Å². The molecule has 136 valence electrons. The molecular formula is C17H9F5O4. The molecule has 0 aliphatic rings. The first-order chi connectivity index (χ1) is 12.1. The van der Waals surface area contributed by atoms with Crippen LogP contribution in [0.4, 0.5) is 22.0 Å². The Morgan fingerprint density at radius 1 is 0.846 bits per heavy atom. The quantitative estimate of drug-likeness (QED) is 0.211. The maximum Gasteiger partial charge on any atom is 0.372 e. The molecule has 0 radical (unpaired) electrons. The molecule has 9 heteroatoms. The molecule has 0 spiro atoms. The summed E-state index contributed by atoms with van der Waals surface area (Å²) < 4.78 is 66.9. The maximum absolute atomic E-state index is 13.7. The number of benzene rings is 2. The van der Waals surface area contributed by atoms with Gasteiger partial charge in [-0.2, -0.15) is 0 Å². The fourth-order valence-electron chi connectivity index (χ4n) is 2.19. The van der Waals surface area contributed by atoms with Crippen molar-refractivity contribution in [3.8, 4) is 0 Å². The highest BCUT2D eigenvalue weighted by molar-refractivity contribution is 6.37. The average Bonchev–Trinajstić information content (AvgIpc) is 2.62. The van der Waals surface area contributed by atoms with Gasteiger partial charge in [0.05, 0.1) is 6.42 Å². The molecule has 0 saturated heterocycles. The third-order valence-corrected chi connectivity index (χ3v) is 3.49. The van der Waals surface area contributed by atoms with E-state index in [9.17, 15) is 36.3 Å². The normalized spacial score (nSPS) is 10.7. The number of hydrogen-bond acceptors (Lipinski definition) is 3. The highest BCUT2D eigenvalue weighted by atomic mass is 19.2. The molecule has 0 fully saturated rings. The van der Waals surface area contributed by atoms with Crippen LogP contribution in [0.3, 0.4) is 0 Å². The summed E-state index contributed by atoms with van der Waals surface area (Å²) in [5.41, 5.74) is -1.18. The first-order valence-corrected chi connectivity index (χ1v) is 7.02. The van der Waals surface area contributed by atoms with E-state index in [1.54, 1.807) is 0 Å². The van der Waals surface area contributed by atoms with Crippen LogP contribution in [0, 0.1) is 29.1 Å². The Bertz CT molecular complexity index is 895. The van der Waals surface area contributed by atoms with Gasteiger partial charge in [0, 0.05) is 17.5 Å². The van der Waals surface area contributed by atoms with Gasteiger partial charge in [0.1, 0.15) is 0 Å². The summed E-state index contributed by atoms with van der Waals surface area (Å²) in [7, 11) is 0. The lowest BCUT2D eigenvalue weighted by atomic mass is 9.98. The van der Waals surface area contributed by atoms with Gasteiger partial charge in [-0.1, -0.05) is 18.2 Å². The number of carboxylic acids is 1. The second kappa shape index (κ2) is 7.42. The van der Waals surface area contributed by atoms with Crippen molar-refractivity contribution in [2.45, 2.75) is 12.8 Å². The summed E-state index contributed by atoms with van der Waals surface area (Å²) in [6.07, 6.45) is -1.64. The van der Waals surface area contributed by atoms with Crippen LogP contribution in [0.15, 0.2) is 24.3 Å². The number of aliphatic carboxylic acids is 1. The van der Waals surface area contributed by atoms with Crippen molar-refractivity contribution in [1.82, 2.24) is 0 Å². The molecule has 4 nitrogen and oxygen atoms in total. The van der Waals surface area contributed by atoms with Gasteiger partial charge in [-0.3, -0.25) is 9.59 Å². The number of ketones is 2. The first-order valence-electron chi connectivity index (χ1n) is 7.02. The molecule has 0 heterocycles. The van der Waals surface area contributed by atoms with Crippen LogP contribution in [-0.2, 0) is 16.0 Å². The molecule has 0 amide bonds. The number of halogens is 5. The minimum absolute atomic E-state index is 0.0295. The molecular weight excluding hydrogens is 363 g/mol. The third kappa shape index (κ3) is 3.76. The van der Waals surface area contributed by atoms with Gasteiger partial charge >= 0.3 is 5.97 Å². The van der Waals surface area contributed by atoms with E-state index in [2.05, 4.69) is 0 Å². The summed E-state index contributed by atoms with van der Waals surface area (Å²) in [5, 5.41) is 8.48. The van der Waals surface area contributed by atoms with E-state index in [0.29, 0.717) is 0 Å². The molecule has 0 aliphatic carbocycles. The highest BCUT2D eigenvalue weighted by Crippen LogP contribution is 2.25. The number of carbonyl (C=O) groups excluding carboxylic acids is 2. The molecule has 0 atom stereocenters. The molecule has 0 saturated carbocycles. The predicted molar refractivity (Wildman–Crippen MR) is 77.1 cm³/mol. The van der Waals surface area contributed by atoms with E-state index in [4.69, 9.17) is 5.11 Å². The third-order valence-electron chi connectivity index (χ3n) is 3.49. The summed E-state index contributed by atoms with van der Waals surface area (Å²) in [6, 6.07) is 4.84. The van der Waals surface area contributed by atoms with Crippen molar-refractivity contribution in [3.05, 3.63) is 70.0 Å². The minimum atomic E-state index is -2.28. The Labute approximate surface area is 142 Å². The monoisotopic (exact) mass is 372 g/mol. The van der Waals surface area contributed by atoms with Gasteiger partial charge in [-0.25, -0.2) is 26.7 Å². The number of rotatable bonds is 6. The lowest BCUT2D eigenvalue weighted by Gasteiger charge is -2.09. The second-order valence-electron chi connectivity index (χ2n) is 5.25. The van der Waals surface area contributed by atoms with Gasteiger partial charge in [0.25, 0.3) is 0 Å². The SMILES string of the molecule is O=C(O)C(=O)CC(=O)c1cccc(Cc2c(F)c(F)c(F)c(F)c2F)c1. The van der Waals surface area contributed by atoms with E-state index in [1.165, 1.54) is 18.2 Å². The van der Waals surface area contributed by atoms with Crippen molar-refractivity contribution >= 4 is 17.5 Å². The Morgan fingerprint density at radius 3 is 1.92 bits per heavy atom. The van der Waals surface area contributed by atoms with Gasteiger partial charge in [0.15, 0.2) is 29.1 Å². The lowest BCUT2D eigenvalue weighted by molar-refractivity contribution is -0.148. The Morgan fingerprint density at radius 2 is 1.38 bits per heavy atom. The molecule has 2 aromatic carbocycles. The molecule has 1 N–H and O–H groups in total. The fraction of sp³-hybridized carbons (Fsp3) is 0.118. The summed E-state index contributed by atoms with van der Waals surface area (Å²) in [5.74, 6) is -14.4. The minimum Gasteiger partial charge on any atom is -0.475 e. The zero-order valence-electron chi connectivity index (χ0n) is 12.8. The van der Waals surface area contributed by atoms with Crippen molar-refractivity contribution < 1.29 is 41.4 Å². The summed E-state index contributed by atoms with van der Waals surface area (Å²) >= 11 is 0. The molecule has 0 aromatic heterocycles. The molecule has 0 aliphatic heterocycles. The highest BCUT2D eigenvalue weighted by Gasteiger charge is 2.26. The topological polar surface area (TPSA) is 71.4 Å². The molecule has 26 heavy (non-hydrogen) atoms. The average molecular weight is 372 g/mol. The maximum atomic E-state index is 13.7. The lowest BCUT2D eigenvalue weighted by Crippen LogP contribution is -2.17. The van der Waals surface area contributed by atoms with E-state index in [1.807, 2.05) is 0 Å². The van der Waals surface area contributed by atoms with Crippen molar-refractivity contribution in [3.63, 3.8) is 0 Å². The van der Waals surface area contributed by atoms with Crippen molar-refractivity contribution in [1.29, 1.82) is 0 Å². The van der Waals surface area contributed by atoms with Crippen LogP contribution >= 0.6 is 0 Å². The summed E-state index contributed by atoms with van der Waals surface area (Å²) in [6.45, 7) is 0. The van der Waals surface area contributed by atoms with Crippen LogP contribution in [-0.4, -0.2) is 22.6 Å². The predicted octanol–water partition coefficient (Wildman–Crippen LogP) is 3.20. The van der Waals surface area contributed by atoms with E-state index >= 15 is 0 Å². The van der Waals surface area contributed by atoms with Crippen molar-refractivity contribution in [2.24, 2.45) is 0 Å². The smallest absolute Gasteiger partial charge is 0.372 e. The summed E-state index contributed by atoms with van der Waals surface area (Å²) in [4.78, 5) is 33.4. The van der Waals surface area contributed by atoms with Gasteiger partial charge in [-0.05, 0) is 11.6 Å². The van der Waals surface area contributed by atoms with E-state index in [-0.39, 0.29) is 11.1 Å². The van der Waals surface area contributed by atoms with Gasteiger partial charge < -0.3 is 5.11 Å². The van der Waals surface area contributed by atoms with Crippen LogP contribution < -0.4 is 0 Å². The Kier molecular flexibility index (Phi) is 5.49. The molecule has 0 unspecified atom stereocenters. The van der Waals surface area contributed by atoms with Crippen molar-refractivity contribution in [2.75, 3.05) is 0 Å². The van der Waals surface area contributed by atoms with Gasteiger partial charge in [-0.15, -0.1) is 0 Å². The number of hydrogen-bond donors (Lipinski definition) is 1. The van der Waals surface area contributed by atoms with E-state index < -0.39 is 65.0 Å². The molecule has 2 rings (SSSR count). The van der Waals surface area contributed by atoms with Crippen LogP contribution in [0.5, 0.6) is 0 Å². The zero-order valence-corrected chi connectivity index (χ0v) is 12.8. The second-order valence-corrected chi connectivity index (χ2v) is 5.25. The van der Waals surface area contributed by atoms with Crippen LogP contribution in [0.25, 0.3) is 0 Å². The largest absolute Gasteiger partial charge is 0.475 e. The van der Waals surface area contributed by atoms with Crippen LogP contribution in [0.1, 0.15) is 27.9 Å². The molecule has 2 aromatic rings. The standard InChI is InChI=1S/C17H9F5O4/c18-12-9(13(19)15(21)16(22)14(12)20)5-7-2-1-3-8(4-7)10(23)6-11(24)17(25)26/h1-4H,5-6H2,(H,25,26). The van der Waals surface area contributed by atoms with Crippen LogP contribution in [0.2, 0.25) is 0 Å². The Balaban J connectivity index is 2.34. The first kappa shape index (κ1) is 19.2. The van der Waals surface area contributed by atoms with E-state index in [0.717, 1.165) is 6.07 Å². The Hall–Kier alpha value is -3.10. The number of Topliss-reactive ketones (excluding diaryl/α,β-unsaturated/α-hetero) is 2. The fourth-order valence-corrected chi connectivity index (χ4v) is 2.19. The molecule has 0 bridgehead atoms. The number of carboxylic acid groups (broad SMARTS) is 1. The number of carbonyl (C=O) groups is 3.